The van der Waals surface area contributed by atoms with Crippen LogP contribution >= 0.6 is 0 Å². The Labute approximate surface area is 103 Å². The smallest absolute Gasteiger partial charge is 0.387 e. The number of nitrogens with two attached hydrogens (primary N) is 2. The highest BCUT2D eigenvalue weighted by molar-refractivity contribution is 5.74. The fourth-order valence-corrected chi connectivity index (χ4v) is 1.63. The maximum absolute atomic E-state index is 12.3. The Bertz CT molecular complexity index is 541. The molecular weight excluding hydrogens is 238 g/mol. The fourth-order valence-electron chi connectivity index (χ4n) is 1.63. The van der Waals surface area contributed by atoms with E-state index < -0.39 is 6.61 Å². The molecule has 0 heterocycles. The molecule has 18 heavy (non-hydrogen) atoms. The number of hydrogen-bond donors (Lipinski definition) is 2. The summed E-state index contributed by atoms with van der Waals surface area (Å²) in [5, 5.41) is 0. The summed E-state index contributed by atoms with van der Waals surface area (Å²) in [7, 11) is 0. The summed E-state index contributed by atoms with van der Waals surface area (Å²) in [6.07, 6.45) is 0. The third kappa shape index (κ3) is 2.68. The second-order valence-electron chi connectivity index (χ2n) is 3.76. The molecule has 0 spiro atoms. The summed E-state index contributed by atoms with van der Waals surface area (Å²) in [5.74, 6) is 0.0507. The lowest BCUT2D eigenvalue weighted by Gasteiger charge is -2.11. The van der Waals surface area contributed by atoms with Crippen molar-refractivity contribution in [1.82, 2.24) is 0 Å². The number of hydrogen-bond acceptors (Lipinski definition) is 3. The second-order valence-corrected chi connectivity index (χ2v) is 3.76. The van der Waals surface area contributed by atoms with Gasteiger partial charge in [0.1, 0.15) is 5.75 Å². The van der Waals surface area contributed by atoms with Crippen molar-refractivity contribution in [2.75, 3.05) is 11.5 Å². The summed E-state index contributed by atoms with van der Waals surface area (Å²) < 4.78 is 29.1. The standard InChI is InChI=1S/C13H12F2N2O/c14-13(15)18-12-7-10(17)5-6-11(12)8-1-3-9(16)4-2-8/h1-7,13H,16-17H2. The van der Waals surface area contributed by atoms with Crippen LogP contribution in [0.25, 0.3) is 11.1 Å². The van der Waals surface area contributed by atoms with Gasteiger partial charge in [-0.3, -0.25) is 0 Å². The molecular formula is C13H12F2N2O. The number of ether oxygens (including phenoxy) is 1. The summed E-state index contributed by atoms with van der Waals surface area (Å²) in [4.78, 5) is 0. The first-order chi connectivity index (χ1) is 8.56. The van der Waals surface area contributed by atoms with Gasteiger partial charge in [0.05, 0.1) is 0 Å². The molecule has 0 aromatic heterocycles. The molecule has 3 nitrogen and oxygen atoms in total. The number of anilines is 2. The van der Waals surface area contributed by atoms with Gasteiger partial charge >= 0.3 is 6.61 Å². The molecule has 0 saturated heterocycles. The molecule has 0 atom stereocenters. The minimum atomic E-state index is -2.89. The van der Waals surface area contributed by atoms with E-state index in [4.69, 9.17) is 11.5 Å². The van der Waals surface area contributed by atoms with Crippen LogP contribution < -0.4 is 16.2 Å². The largest absolute Gasteiger partial charge is 0.434 e. The molecule has 2 aromatic rings. The van der Waals surface area contributed by atoms with E-state index in [9.17, 15) is 8.78 Å². The molecule has 0 radical (unpaired) electrons. The average molecular weight is 250 g/mol. The number of halogens is 2. The first-order valence-electron chi connectivity index (χ1n) is 5.26. The van der Waals surface area contributed by atoms with Crippen LogP contribution in [0.5, 0.6) is 5.75 Å². The van der Waals surface area contributed by atoms with E-state index in [1.165, 1.54) is 6.07 Å². The predicted octanol–water partition coefficient (Wildman–Crippen LogP) is 3.12. The SMILES string of the molecule is Nc1ccc(-c2ccc(N)cc2OC(F)F)cc1. The minimum Gasteiger partial charge on any atom is -0.434 e. The average Bonchev–Trinajstić information content (AvgIpc) is 2.30. The third-order valence-electron chi connectivity index (χ3n) is 2.44. The van der Waals surface area contributed by atoms with E-state index in [1.807, 2.05) is 0 Å². The van der Waals surface area contributed by atoms with Crippen molar-refractivity contribution < 1.29 is 13.5 Å². The lowest BCUT2D eigenvalue weighted by Crippen LogP contribution is -2.03. The summed E-state index contributed by atoms with van der Waals surface area (Å²) in [6, 6.07) is 11.5. The highest BCUT2D eigenvalue weighted by Crippen LogP contribution is 2.33. The van der Waals surface area contributed by atoms with Gasteiger partial charge in [-0.05, 0) is 29.8 Å². The van der Waals surface area contributed by atoms with Crippen LogP contribution in [0.4, 0.5) is 20.2 Å². The highest BCUT2D eigenvalue weighted by Gasteiger charge is 2.11. The molecule has 4 N–H and O–H groups in total. The number of alkyl halides is 2. The van der Waals surface area contributed by atoms with Crippen LogP contribution in [0.1, 0.15) is 0 Å². The van der Waals surface area contributed by atoms with Crippen molar-refractivity contribution in [3.8, 4) is 16.9 Å². The van der Waals surface area contributed by atoms with Gasteiger partial charge in [0.25, 0.3) is 0 Å². The normalized spacial score (nSPS) is 10.6. The van der Waals surface area contributed by atoms with Crippen LogP contribution in [-0.4, -0.2) is 6.61 Å². The highest BCUT2D eigenvalue weighted by atomic mass is 19.3. The van der Waals surface area contributed by atoms with Gasteiger partial charge in [-0.2, -0.15) is 8.78 Å². The van der Waals surface area contributed by atoms with Crippen LogP contribution in [-0.2, 0) is 0 Å². The van der Waals surface area contributed by atoms with E-state index in [0.717, 1.165) is 5.56 Å². The Kier molecular flexibility index (Phi) is 3.32. The van der Waals surface area contributed by atoms with E-state index in [1.54, 1.807) is 36.4 Å². The monoisotopic (exact) mass is 250 g/mol. The molecule has 0 fully saturated rings. The van der Waals surface area contributed by atoms with E-state index in [0.29, 0.717) is 16.9 Å². The van der Waals surface area contributed by atoms with Crippen LogP contribution in [0.2, 0.25) is 0 Å². The van der Waals surface area contributed by atoms with Crippen LogP contribution in [0.15, 0.2) is 42.5 Å². The van der Waals surface area contributed by atoms with E-state index >= 15 is 0 Å². The molecule has 2 aromatic carbocycles. The molecule has 2 rings (SSSR count). The van der Waals surface area contributed by atoms with Gasteiger partial charge in [0, 0.05) is 23.0 Å². The third-order valence-corrected chi connectivity index (χ3v) is 2.44. The van der Waals surface area contributed by atoms with Crippen LogP contribution in [0, 0.1) is 0 Å². The maximum atomic E-state index is 12.3. The summed E-state index contributed by atoms with van der Waals surface area (Å²) in [5.41, 5.74) is 13.4. The fraction of sp³-hybridized carbons (Fsp3) is 0.0769. The zero-order chi connectivity index (χ0) is 13.1. The first-order valence-corrected chi connectivity index (χ1v) is 5.26. The van der Waals surface area contributed by atoms with Gasteiger partial charge in [-0.1, -0.05) is 12.1 Å². The number of rotatable bonds is 3. The molecule has 5 heteroatoms. The zero-order valence-corrected chi connectivity index (χ0v) is 9.44. The lowest BCUT2D eigenvalue weighted by atomic mass is 10.0. The quantitative estimate of drug-likeness (QED) is 0.823. The Morgan fingerprint density at radius 1 is 0.889 bits per heavy atom. The number of nitrogen functional groups attached to an aromatic ring is 2. The van der Waals surface area contributed by atoms with Crippen molar-refractivity contribution >= 4 is 11.4 Å². The molecule has 94 valence electrons. The molecule has 0 amide bonds. The topological polar surface area (TPSA) is 61.3 Å². The Morgan fingerprint density at radius 2 is 1.50 bits per heavy atom. The lowest BCUT2D eigenvalue weighted by molar-refractivity contribution is -0.0494. The Balaban J connectivity index is 2.45. The Morgan fingerprint density at radius 3 is 2.11 bits per heavy atom. The maximum Gasteiger partial charge on any atom is 0.387 e. The van der Waals surface area contributed by atoms with Crippen molar-refractivity contribution in [2.24, 2.45) is 0 Å². The zero-order valence-electron chi connectivity index (χ0n) is 9.44. The summed E-state index contributed by atoms with van der Waals surface area (Å²) >= 11 is 0. The van der Waals surface area contributed by atoms with Gasteiger partial charge < -0.3 is 16.2 Å². The predicted molar refractivity (Wildman–Crippen MR) is 67.3 cm³/mol. The number of benzene rings is 2. The minimum absolute atomic E-state index is 0.0507. The van der Waals surface area contributed by atoms with Gasteiger partial charge in [0.2, 0.25) is 0 Å². The van der Waals surface area contributed by atoms with Crippen molar-refractivity contribution in [3.63, 3.8) is 0 Å². The van der Waals surface area contributed by atoms with Gasteiger partial charge in [-0.15, -0.1) is 0 Å². The summed E-state index contributed by atoms with van der Waals surface area (Å²) in [6.45, 7) is -2.89. The molecule has 0 aliphatic carbocycles. The molecule has 0 saturated carbocycles. The van der Waals surface area contributed by atoms with Crippen molar-refractivity contribution in [1.29, 1.82) is 0 Å². The van der Waals surface area contributed by atoms with Crippen molar-refractivity contribution in [2.45, 2.75) is 6.61 Å². The first kappa shape index (κ1) is 12.2. The van der Waals surface area contributed by atoms with E-state index in [-0.39, 0.29) is 5.75 Å². The molecule has 0 bridgehead atoms. The van der Waals surface area contributed by atoms with Gasteiger partial charge in [-0.25, -0.2) is 0 Å². The molecule has 0 unspecified atom stereocenters. The molecule has 0 aliphatic rings. The second kappa shape index (κ2) is 4.91. The van der Waals surface area contributed by atoms with Crippen LogP contribution in [0.3, 0.4) is 0 Å². The molecule has 0 aliphatic heterocycles. The van der Waals surface area contributed by atoms with Gasteiger partial charge in [0.15, 0.2) is 0 Å². The van der Waals surface area contributed by atoms with E-state index in [2.05, 4.69) is 4.74 Å². The van der Waals surface area contributed by atoms with Crippen molar-refractivity contribution in [3.05, 3.63) is 42.5 Å². The Hall–Kier alpha value is -2.30.